The van der Waals surface area contributed by atoms with E-state index in [4.69, 9.17) is 4.42 Å². The molecule has 6 heteroatoms. The second-order valence-corrected chi connectivity index (χ2v) is 6.93. The smallest absolute Gasteiger partial charge is 0.305 e. The Labute approximate surface area is 160 Å². The van der Waals surface area contributed by atoms with Gasteiger partial charge in [0, 0.05) is 6.04 Å². The summed E-state index contributed by atoms with van der Waals surface area (Å²) in [4.78, 5) is 23.8. The molecular formula is C21H29N3O3. The number of carbonyl (C=O) groups is 2. The molecule has 0 unspecified atom stereocenters. The molecule has 1 aromatic carbocycles. The zero-order valence-electron chi connectivity index (χ0n) is 16.2. The van der Waals surface area contributed by atoms with Gasteiger partial charge in [-0.25, -0.2) is 0 Å². The van der Waals surface area contributed by atoms with Gasteiger partial charge in [-0.05, 0) is 42.0 Å². The molecule has 0 saturated carbocycles. The van der Waals surface area contributed by atoms with Gasteiger partial charge >= 0.3 is 5.91 Å². The number of carbonyl (C=O) groups excluding carboxylic acids is 2. The molecule has 0 aliphatic rings. The highest BCUT2D eigenvalue weighted by Gasteiger charge is 2.17. The van der Waals surface area contributed by atoms with Crippen LogP contribution in [-0.2, 0) is 11.2 Å². The third-order valence-electron chi connectivity index (χ3n) is 4.37. The molecule has 0 aliphatic heterocycles. The Morgan fingerprint density at radius 3 is 2.41 bits per heavy atom. The van der Waals surface area contributed by atoms with Crippen LogP contribution in [0.5, 0.6) is 0 Å². The van der Waals surface area contributed by atoms with Crippen LogP contribution >= 0.6 is 0 Å². The van der Waals surface area contributed by atoms with Gasteiger partial charge in [-0.3, -0.25) is 20.4 Å². The van der Waals surface area contributed by atoms with Crippen molar-refractivity contribution in [2.75, 3.05) is 6.54 Å². The number of rotatable bonds is 9. The first-order chi connectivity index (χ1) is 13.0. The molecule has 0 fully saturated rings. The summed E-state index contributed by atoms with van der Waals surface area (Å²) in [6.07, 6.45) is 4.87. The summed E-state index contributed by atoms with van der Waals surface area (Å²) >= 11 is 0. The fourth-order valence-corrected chi connectivity index (χ4v) is 2.85. The molecule has 0 saturated heterocycles. The minimum absolute atomic E-state index is 0.0525. The van der Waals surface area contributed by atoms with Crippen LogP contribution in [0.15, 0.2) is 47.1 Å². The summed E-state index contributed by atoms with van der Waals surface area (Å²) in [6, 6.07) is 11.8. The Morgan fingerprint density at radius 2 is 1.81 bits per heavy atom. The van der Waals surface area contributed by atoms with E-state index in [1.54, 1.807) is 6.07 Å². The highest BCUT2D eigenvalue weighted by atomic mass is 16.3. The zero-order valence-corrected chi connectivity index (χ0v) is 16.2. The van der Waals surface area contributed by atoms with Crippen LogP contribution in [0, 0.1) is 5.92 Å². The number of hydrogen-bond acceptors (Lipinski definition) is 4. The largest absolute Gasteiger partial charge is 0.459 e. The van der Waals surface area contributed by atoms with Crippen LogP contribution in [0.4, 0.5) is 0 Å². The normalized spacial score (nSPS) is 12.0. The average Bonchev–Trinajstić information content (AvgIpc) is 3.20. The number of benzene rings is 1. The first-order valence-corrected chi connectivity index (χ1v) is 9.46. The van der Waals surface area contributed by atoms with Gasteiger partial charge in [-0.1, -0.05) is 51.5 Å². The van der Waals surface area contributed by atoms with E-state index in [9.17, 15) is 9.59 Å². The van der Waals surface area contributed by atoms with Gasteiger partial charge in [-0.15, -0.1) is 0 Å². The van der Waals surface area contributed by atoms with Gasteiger partial charge in [0.1, 0.15) is 0 Å². The number of hydrazine groups is 1. The minimum Gasteiger partial charge on any atom is -0.459 e. The number of furan rings is 1. The Morgan fingerprint density at radius 1 is 1.07 bits per heavy atom. The number of unbranched alkanes of at least 4 members (excludes halogenated alkanes) is 1. The highest BCUT2D eigenvalue weighted by Crippen LogP contribution is 2.22. The highest BCUT2D eigenvalue weighted by molar-refractivity contribution is 5.93. The lowest BCUT2D eigenvalue weighted by atomic mass is 9.94. The van der Waals surface area contributed by atoms with E-state index in [0.29, 0.717) is 5.92 Å². The Kier molecular flexibility index (Phi) is 8.07. The average molecular weight is 371 g/mol. The molecule has 0 aliphatic carbocycles. The van der Waals surface area contributed by atoms with Crippen molar-refractivity contribution in [1.82, 2.24) is 16.2 Å². The Bertz CT molecular complexity index is 709. The molecule has 1 atom stereocenters. The standard InChI is InChI=1S/C21H29N3O3/c1-4-5-7-16-9-11-17(12-10-16)20(15(2)3)22-14-19(25)23-24-21(26)18-8-6-13-27-18/h6,8-13,15,20,22H,4-5,7,14H2,1-3H3,(H,23,25)(H,24,26)/t20-/m1/s1. The molecule has 146 valence electrons. The van der Waals surface area contributed by atoms with Gasteiger partial charge in [0.15, 0.2) is 5.76 Å². The van der Waals surface area contributed by atoms with Crippen LogP contribution in [0.1, 0.15) is 61.3 Å². The third kappa shape index (κ3) is 6.57. The predicted octanol–water partition coefficient (Wildman–Crippen LogP) is 3.37. The molecule has 2 amide bonds. The Hall–Kier alpha value is -2.60. The van der Waals surface area contributed by atoms with Crippen LogP contribution in [0.25, 0.3) is 0 Å². The minimum atomic E-state index is -0.489. The van der Waals surface area contributed by atoms with Crippen molar-refractivity contribution < 1.29 is 14.0 Å². The second-order valence-electron chi connectivity index (χ2n) is 6.93. The van der Waals surface area contributed by atoms with Crippen LogP contribution in [0.2, 0.25) is 0 Å². The number of aryl methyl sites for hydroxylation is 1. The van der Waals surface area contributed by atoms with E-state index >= 15 is 0 Å². The predicted molar refractivity (Wildman–Crippen MR) is 105 cm³/mol. The van der Waals surface area contributed by atoms with E-state index in [1.165, 1.54) is 30.7 Å². The molecule has 6 nitrogen and oxygen atoms in total. The quantitative estimate of drug-likeness (QED) is 0.590. The van der Waals surface area contributed by atoms with Crippen molar-refractivity contribution in [2.45, 2.75) is 46.1 Å². The molecule has 3 N–H and O–H groups in total. The number of amides is 2. The van der Waals surface area contributed by atoms with Gasteiger partial charge in [0.2, 0.25) is 0 Å². The molecular weight excluding hydrogens is 342 g/mol. The van der Waals surface area contributed by atoms with Crippen molar-refractivity contribution >= 4 is 11.8 Å². The molecule has 2 rings (SSSR count). The molecule has 1 heterocycles. The maximum atomic E-state index is 12.0. The summed E-state index contributed by atoms with van der Waals surface area (Å²) < 4.78 is 4.97. The zero-order chi connectivity index (χ0) is 19.6. The molecule has 0 bridgehead atoms. The summed E-state index contributed by atoms with van der Waals surface area (Å²) in [5, 5.41) is 3.27. The first-order valence-electron chi connectivity index (χ1n) is 9.46. The van der Waals surface area contributed by atoms with Crippen molar-refractivity contribution in [2.24, 2.45) is 5.92 Å². The third-order valence-corrected chi connectivity index (χ3v) is 4.37. The fourth-order valence-electron chi connectivity index (χ4n) is 2.85. The maximum absolute atomic E-state index is 12.0. The van der Waals surface area contributed by atoms with Crippen molar-refractivity contribution in [3.05, 3.63) is 59.5 Å². The van der Waals surface area contributed by atoms with Gasteiger partial charge in [0.05, 0.1) is 12.8 Å². The van der Waals surface area contributed by atoms with Gasteiger partial charge in [-0.2, -0.15) is 0 Å². The lowest BCUT2D eigenvalue weighted by molar-refractivity contribution is -0.121. The SMILES string of the molecule is CCCCc1ccc([C@H](NCC(=O)NNC(=O)c2ccco2)C(C)C)cc1. The molecule has 27 heavy (non-hydrogen) atoms. The summed E-state index contributed by atoms with van der Waals surface area (Å²) in [6.45, 7) is 6.51. The summed E-state index contributed by atoms with van der Waals surface area (Å²) in [7, 11) is 0. The monoisotopic (exact) mass is 371 g/mol. The summed E-state index contributed by atoms with van der Waals surface area (Å²) in [5.41, 5.74) is 7.21. The molecule has 2 aromatic rings. The lowest BCUT2D eigenvalue weighted by Crippen LogP contribution is -2.46. The number of nitrogens with one attached hydrogen (secondary N) is 3. The lowest BCUT2D eigenvalue weighted by Gasteiger charge is -2.23. The van der Waals surface area contributed by atoms with Gasteiger partial charge < -0.3 is 9.73 Å². The van der Waals surface area contributed by atoms with Crippen molar-refractivity contribution in [3.63, 3.8) is 0 Å². The van der Waals surface area contributed by atoms with E-state index in [-0.39, 0.29) is 24.3 Å². The van der Waals surface area contributed by atoms with E-state index < -0.39 is 5.91 Å². The maximum Gasteiger partial charge on any atom is 0.305 e. The van der Waals surface area contributed by atoms with Crippen LogP contribution in [0.3, 0.4) is 0 Å². The molecule has 0 spiro atoms. The Balaban J connectivity index is 1.84. The summed E-state index contributed by atoms with van der Waals surface area (Å²) in [5.74, 6) is -0.347. The van der Waals surface area contributed by atoms with Crippen molar-refractivity contribution in [1.29, 1.82) is 0 Å². The van der Waals surface area contributed by atoms with E-state index in [1.807, 2.05) is 0 Å². The fraction of sp³-hybridized carbons (Fsp3) is 0.429. The van der Waals surface area contributed by atoms with Crippen LogP contribution < -0.4 is 16.2 Å². The topological polar surface area (TPSA) is 83.4 Å². The second kappa shape index (κ2) is 10.5. The van der Waals surface area contributed by atoms with E-state index in [2.05, 4.69) is 61.2 Å². The van der Waals surface area contributed by atoms with Crippen molar-refractivity contribution in [3.8, 4) is 0 Å². The van der Waals surface area contributed by atoms with Gasteiger partial charge in [0.25, 0.3) is 5.91 Å². The van der Waals surface area contributed by atoms with Crippen LogP contribution in [-0.4, -0.2) is 18.4 Å². The molecule has 0 radical (unpaired) electrons. The number of hydrogen-bond donors (Lipinski definition) is 3. The van der Waals surface area contributed by atoms with E-state index in [0.717, 1.165) is 12.0 Å². The first kappa shape index (κ1) is 20.7. The molecule has 1 aromatic heterocycles.